The number of carbonyl (C=O) groups is 2. The van der Waals surface area contributed by atoms with Crippen LogP contribution in [0.2, 0.25) is 0 Å². The number of aliphatic hydroxyl groups is 1. The molecule has 4 aromatic rings. The number of alkyl halides is 6. The summed E-state index contributed by atoms with van der Waals surface area (Å²) < 4.78 is 82.4. The van der Waals surface area contributed by atoms with E-state index in [0.717, 1.165) is 10.5 Å². The molecule has 0 spiro atoms. The summed E-state index contributed by atoms with van der Waals surface area (Å²) >= 11 is 0. The molecular formula is C34H28F6N2O3. The Bertz CT molecular complexity index is 1670. The minimum atomic E-state index is -5.08. The van der Waals surface area contributed by atoms with Crippen molar-refractivity contribution < 1.29 is 41.0 Å². The molecule has 2 N–H and O–H groups in total. The normalized spacial score (nSPS) is 18.4. The van der Waals surface area contributed by atoms with Crippen molar-refractivity contribution in [2.75, 3.05) is 0 Å². The first kappa shape index (κ1) is 31.8. The van der Waals surface area contributed by atoms with Gasteiger partial charge in [0.25, 0.3) is 5.91 Å². The van der Waals surface area contributed by atoms with E-state index in [4.69, 9.17) is 0 Å². The smallest absolute Gasteiger partial charge is 0.392 e. The van der Waals surface area contributed by atoms with E-state index in [1.807, 2.05) is 18.2 Å². The number of hydrogen-bond acceptors (Lipinski definition) is 3. The van der Waals surface area contributed by atoms with Gasteiger partial charge < -0.3 is 15.3 Å². The molecule has 1 aliphatic heterocycles. The molecule has 0 bridgehead atoms. The number of aliphatic hydroxyl groups excluding tert-OH is 1. The Hall–Kier alpha value is -4.64. The molecule has 0 saturated heterocycles. The number of hydrogen-bond donors (Lipinski definition) is 2. The maximum atomic E-state index is 14.3. The summed E-state index contributed by atoms with van der Waals surface area (Å²) in [5.41, 5.74) is -2.81. The molecule has 2 amide bonds. The standard InChI is InChI=1S/C34H28F6N2O3/c1-32(31(45)41-18-21-7-3-2-4-8-21)28-10-6-5-9-27(28)30(44)42(29(32)24-13-11-22(20-43)12-14-24)19-23-15-25(33(35,36)37)17-26(16-23)34(38,39)40/h2-17,29,43H,18-20H2,1H3,(H,41,45)/t29-,32-/m0/s1. The zero-order valence-corrected chi connectivity index (χ0v) is 23.9. The Morgan fingerprint density at radius 1 is 0.800 bits per heavy atom. The number of carbonyl (C=O) groups excluding carboxylic acids is 2. The van der Waals surface area contributed by atoms with E-state index >= 15 is 0 Å². The van der Waals surface area contributed by atoms with Crippen LogP contribution in [0.1, 0.15) is 62.3 Å². The maximum absolute atomic E-state index is 14.3. The highest BCUT2D eigenvalue weighted by atomic mass is 19.4. The van der Waals surface area contributed by atoms with Crippen molar-refractivity contribution in [2.45, 2.75) is 50.4 Å². The van der Waals surface area contributed by atoms with Crippen LogP contribution < -0.4 is 5.32 Å². The largest absolute Gasteiger partial charge is 0.416 e. The molecule has 2 atom stereocenters. The third kappa shape index (κ3) is 6.30. The molecule has 5 nitrogen and oxygen atoms in total. The topological polar surface area (TPSA) is 69.6 Å². The predicted molar refractivity (Wildman–Crippen MR) is 154 cm³/mol. The van der Waals surface area contributed by atoms with Crippen LogP contribution in [-0.2, 0) is 42.3 Å². The molecule has 1 heterocycles. The molecule has 45 heavy (non-hydrogen) atoms. The van der Waals surface area contributed by atoms with Gasteiger partial charge >= 0.3 is 12.4 Å². The van der Waals surface area contributed by atoms with E-state index in [1.165, 1.54) is 6.07 Å². The van der Waals surface area contributed by atoms with Gasteiger partial charge in [-0.15, -0.1) is 0 Å². The minimum Gasteiger partial charge on any atom is -0.392 e. The first-order chi connectivity index (χ1) is 21.2. The number of benzene rings is 4. The third-order valence-corrected chi connectivity index (χ3v) is 8.08. The van der Waals surface area contributed by atoms with Crippen LogP contribution in [0.4, 0.5) is 26.3 Å². The van der Waals surface area contributed by atoms with Gasteiger partial charge in [-0.05, 0) is 59.0 Å². The molecule has 0 saturated carbocycles. The molecule has 4 aromatic carbocycles. The number of amides is 2. The lowest BCUT2D eigenvalue weighted by molar-refractivity contribution is -0.143. The van der Waals surface area contributed by atoms with Crippen LogP contribution in [0.25, 0.3) is 0 Å². The van der Waals surface area contributed by atoms with Gasteiger partial charge in [0.05, 0.1) is 29.2 Å². The van der Waals surface area contributed by atoms with Crippen molar-refractivity contribution in [3.05, 3.63) is 142 Å². The van der Waals surface area contributed by atoms with Crippen molar-refractivity contribution in [3.63, 3.8) is 0 Å². The molecule has 0 unspecified atom stereocenters. The molecule has 0 aromatic heterocycles. The number of nitrogens with zero attached hydrogens (tertiary/aromatic N) is 1. The van der Waals surface area contributed by atoms with E-state index in [2.05, 4.69) is 5.32 Å². The minimum absolute atomic E-state index is 0.0308. The predicted octanol–water partition coefficient (Wildman–Crippen LogP) is 7.19. The average Bonchev–Trinajstić information content (AvgIpc) is 3.02. The SMILES string of the molecule is C[C@]1(C(=O)NCc2ccccc2)c2ccccc2C(=O)N(Cc2cc(C(F)(F)F)cc(C(F)(F)F)c2)[C@H]1c1ccc(CO)cc1. The van der Waals surface area contributed by atoms with E-state index in [0.29, 0.717) is 28.8 Å². The fraction of sp³-hybridized carbons (Fsp3) is 0.235. The van der Waals surface area contributed by atoms with Crippen LogP contribution in [0.3, 0.4) is 0 Å². The van der Waals surface area contributed by atoms with Gasteiger partial charge in [0.15, 0.2) is 0 Å². The van der Waals surface area contributed by atoms with Crippen molar-refractivity contribution in [2.24, 2.45) is 0 Å². The summed E-state index contributed by atoms with van der Waals surface area (Å²) in [4.78, 5) is 29.5. The molecule has 5 rings (SSSR count). The van der Waals surface area contributed by atoms with Gasteiger partial charge in [0.2, 0.25) is 5.91 Å². The lowest BCUT2D eigenvalue weighted by Gasteiger charge is -2.48. The van der Waals surface area contributed by atoms with Crippen LogP contribution in [0, 0.1) is 0 Å². The number of halogens is 6. The van der Waals surface area contributed by atoms with Gasteiger partial charge in [-0.1, -0.05) is 72.8 Å². The van der Waals surface area contributed by atoms with Gasteiger partial charge in [-0.2, -0.15) is 26.3 Å². The zero-order chi connectivity index (χ0) is 32.6. The number of fused-ring (bicyclic) bond motifs is 1. The molecule has 0 fully saturated rings. The van der Waals surface area contributed by atoms with Gasteiger partial charge in [-0.3, -0.25) is 9.59 Å². The number of nitrogens with one attached hydrogen (secondary N) is 1. The molecule has 11 heteroatoms. The molecule has 1 aliphatic rings. The van der Waals surface area contributed by atoms with E-state index in [1.54, 1.807) is 61.5 Å². The lowest BCUT2D eigenvalue weighted by Crippen LogP contribution is -2.56. The number of rotatable bonds is 7. The fourth-order valence-electron chi connectivity index (χ4n) is 5.85. The summed E-state index contributed by atoms with van der Waals surface area (Å²) in [6, 6.07) is 21.7. The summed E-state index contributed by atoms with van der Waals surface area (Å²) in [5.74, 6) is -1.17. The lowest BCUT2D eigenvalue weighted by atomic mass is 9.67. The maximum Gasteiger partial charge on any atom is 0.416 e. The second kappa shape index (κ2) is 12.0. The summed E-state index contributed by atoms with van der Waals surface area (Å²) in [5, 5.41) is 12.5. The van der Waals surface area contributed by atoms with Gasteiger partial charge in [-0.25, -0.2) is 0 Å². The van der Waals surface area contributed by atoms with Crippen molar-refractivity contribution in [3.8, 4) is 0 Å². The monoisotopic (exact) mass is 626 g/mol. The first-order valence-electron chi connectivity index (χ1n) is 13.9. The van der Waals surface area contributed by atoms with Crippen molar-refractivity contribution >= 4 is 11.8 Å². The average molecular weight is 627 g/mol. The molecule has 0 aliphatic carbocycles. The fourth-order valence-corrected chi connectivity index (χ4v) is 5.85. The molecule has 0 radical (unpaired) electrons. The van der Waals surface area contributed by atoms with E-state index in [9.17, 15) is 41.0 Å². The second-order valence-electron chi connectivity index (χ2n) is 11.1. The van der Waals surface area contributed by atoms with Gasteiger partial charge in [0, 0.05) is 18.7 Å². The van der Waals surface area contributed by atoms with E-state index < -0.39 is 58.9 Å². The second-order valence-corrected chi connectivity index (χ2v) is 11.1. The Balaban J connectivity index is 1.68. The Labute approximate surface area is 255 Å². The summed E-state index contributed by atoms with van der Waals surface area (Å²) in [6.45, 7) is 0.775. The molecular weight excluding hydrogens is 598 g/mol. The van der Waals surface area contributed by atoms with Crippen LogP contribution >= 0.6 is 0 Å². The van der Waals surface area contributed by atoms with Crippen LogP contribution in [-0.4, -0.2) is 21.8 Å². The Morgan fingerprint density at radius 3 is 1.96 bits per heavy atom. The summed E-state index contributed by atoms with van der Waals surface area (Å²) in [7, 11) is 0. The highest BCUT2D eigenvalue weighted by Gasteiger charge is 2.53. The summed E-state index contributed by atoms with van der Waals surface area (Å²) in [6.07, 6.45) is -10.2. The van der Waals surface area contributed by atoms with Crippen LogP contribution in [0.5, 0.6) is 0 Å². The zero-order valence-electron chi connectivity index (χ0n) is 23.9. The van der Waals surface area contributed by atoms with Crippen molar-refractivity contribution in [1.29, 1.82) is 0 Å². The quantitative estimate of drug-likeness (QED) is 0.214. The van der Waals surface area contributed by atoms with Crippen LogP contribution in [0.15, 0.2) is 97.1 Å². The molecule has 234 valence electrons. The van der Waals surface area contributed by atoms with Gasteiger partial charge in [0.1, 0.15) is 0 Å². The third-order valence-electron chi connectivity index (χ3n) is 8.08. The van der Waals surface area contributed by atoms with E-state index in [-0.39, 0.29) is 24.8 Å². The highest BCUT2D eigenvalue weighted by Crippen LogP contribution is 2.48. The Kier molecular flexibility index (Phi) is 8.50. The van der Waals surface area contributed by atoms with Crippen molar-refractivity contribution in [1.82, 2.24) is 10.2 Å². The Morgan fingerprint density at radius 2 is 1.38 bits per heavy atom. The first-order valence-corrected chi connectivity index (χ1v) is 13.9. The highest BCUT2D eigenvalue weighted by molar-refractivity contribution is 6.03.